The Bertz CT molecular complexity index is 561. The van der Waals surface area contributed by atoms with Crippen molar-refractivity contribution in [2.24, 2.45) is 11.8 Å². The van der Waals surface area contributed by atoms with Crippen LogP contribution in [0.3, 0.4) is 0 Å². The molecule has 160 valence electrons. The maximum atomic E-state index is 12.3. The minimum atomic E-state index is 0. The average Bonchev–Trinajstić information content (AvgIpc) is 2.69. The third kappa shape index (κ3) is 8.50. The van der Waals surface area contributed by atoms with Crippen molar-refractivity contribution in [2.45, 2.75) is 32.6 Å². The second kappa shape index (κ2) is 13.7. The fourth-order valence-corrected chi connectivity index (χ4v) is 4.93. The van der Waals surface area contributed by atoms with E-state index in [1.807, 2.05) is 0 Å². The van der Waals surface area contributed by atoms with Crippen LogP contribution in [-0.4, -0.2) is 55.0 Å². The Labute approximate surface area is 186 Å². The summed E-state index contributed by atoms with van der Waals surface area (Å²) in [7, 11) is 0. The number of anilines is 1. The Balaban J connectivity index is 0.00000196. The van der Waals surface area contributed by atoms with Gasteiger partial charge in [-0.15, -0.1) is 24.8 Å². The van der Waals surface area contributed by atoms with Crippen molar-refractivity contribution in [3.05, 3.63) is 29.8 Å². The average molecular weight is 449 g/mol. The van der Waals surface area contributed by atoms with Crippen LogP contribution in [-0.2, 0) is 11.2 Å². The fraction of sp³-hybridized carbons (Fsp3) is 0.667. The molecule has 4 nitrogen and oxygen atoms in total. The molecule has 0 radical (unpaired) electrons. The molecular formula is C21H35Cl2N3OS. The lowest BCUT2D eigenvalue weighted by Gasteiger charge is -2.27. The van der Waals surface area contributed by atoms with Gasteiger partial charge >= 0.3 is 0 Å². The number of piperidine rings is 1. The number of hydrogen-bond donors (Lipinski definition) is 2. The summed E-state index contributed by atoms with van der Waals surface area (Å²) in [6.07, 6.45) is 4.10. The second-order valence-corrected chi connectivity index (χ2v) is 8.94. The summed E-state index contributed by atoms with van der Waals surface area (Å²) in [4.78, 5) is 14.9. The van der Waals surface area contributed by atoms with Crippen LogP contribution >= 0.6 is 36.6 Å². The third-order valence-electron chi connectivity index (χ3n) is 5.75. The Kier molecular flexibility index (Phi) is 12.5. The first kappa shape index (κ1) is 25.6. The van der Waals surface area contributed by atoms with Gasteiger partial charge in [0, 0.05) is 43.2 Å². The van der Waals surface area contributed by atoms with Crippen molar-refractivity contribution in [3.8, 4) is 0 Å². The maximum absolute atomic E-state index is 12.3. The van der Waals surface area contributed by atoms with Gasteiger partial charge < -0.3 is 15.5 Å². The van der Waals surface area contributed by atoms with E-state index in [4.69, 9.17) is 0 Å². The van der Waals surface area contributed by atoms with E-state index in [0.717, 1.165) is 31.7 Å². The molecule has 1 amide bonds. The van der Waals surface area contributed by atoms with Crippen LogP contribution in [0.5, 0.6) is 0 Å². The molecule has 2 saturated heterocycles. The van der Waals surface area contributed by atoms with Gasteiger partial charge in [0.05, 0.1) is 0 Å². The van der Waals surface area contributed by atoms with Crippen LogP contribution in [0.25, 0.3) is 0 Å². The zero-order valence-corrected chi connectivity index (χ0v) is 19.3. The summed E-state index contributed by atoms with van der Waals surface area (Å²) in [5.74, 6) is 3.81. The number of halogens is 2. The van der Waals surface area contributed by atoms with E-state index in [0.29, 0.717) is 18.3 Å². The molecule has 2 aliphatic heterocycles. The monoisotopic (exact) mass is 447 g/mol. The van der Waals surface area contributed by atoms with Crippen LogP contribution in [0.1, 0.15) is 31.7 Å². The highest BCUT2D eigenvalue weighted by molar-refractivity contribution is 7.99. The molecular weight excluding hydrogens is 413 g/mol. The lowest BCUT2D eigenvalue weighted by atomic mass is 9.84. The number of thioether (sulfide) groups is 1. The molecule has 0 saturated carbocycles. The first-order valence-corrected chi connectivity index (χ1v) is 11.3. The first-order valence-electron chi connectivity index (χ1n) is 10.1. The van der Waals surface area contributed by atoms with Crippen LogP contribution in [0.4, 0.5) is 5.69 Å². The van der Waals surface area contributed by atoms with Gasteiger partial charge in [-0.2, -0.15) is 11.8 Å². The minimum Gasteiger partial charge on any atom is -0.326 e. The summed E-state index contributed by atoms with van der Waals surface area (Å²) in [6, 6.07) is 8.41. The molecule has 2 fully saturated rings. The summed E-state index contributed by atoms with van der Waals surface area (Å²) in [5.41, 5.74) is 2.27. The van der Waals surface area contributed by atoms with E-state index in [1.54, 1.807) is 0 Å². The van der Waals surface area contributed by atoms with Gasteiger partial charge in [-0.25, -0.2) is 0 Å². The molecule has 7 heteroatoms. The molecule has 3 rings (SSSR count). The van der Waals surface area contributed by atoms with E-state index in [9.17, 15) is 4.79 Å². The highest BCUT2D eigenvalue weighted by Crippen LogP contribution is 2.24. The van der Waals surface area contributed by atoms with E-state index in [2.05, 4.69) is 58.5 Å². The van der Waals surface area contributed by atoms with Crippen LogP contribution < -0.4 is 10.6 Å². The van der Waals surface area contributed by atoms with Gasteiger partial charge in [0.25, 0.3) is 0 Å². The SMILES string of the molecule is CC(CC(=O)Nc1ccc(CCN2CCSCC2)cc1)C1CCNCC1.Cl.Cl. The molecule has 1 aromatic carbocycles. The lowest BCUT2D eigenvalue weighted by Crippen LogP contribution is -2.34. The van der Waals surface area contributed by atoms with Crippen LogP contribution in [0.15, 0.2) is 24.3 Å². The standard InChI is InChI=1S/C21H33N3OS.2ClH/c1-17(19-6-9-22-10-7-19)16-21(25)23-20-4-2-18(3-5-20)8-11-24-12-14-26-15-13-24;;/h2-5,17,19,22H,6-16H2,1H3,(H,23,25);2*1H. The van der Waals surface area contributed by atoms with Crippen molar-refractivity contribution in [1.29, 1.82) is 0 Å². The van der Waals surface area contributed by atoms with Gasteiger partial charge in [-0.05, 0) is 61.9 Å². The minimum absolute atomic E-state index is 0. The summed E-state index contributed by atoms with van der Waals surface area (Å²) >= 11 is 2.06. The molecule has 1 aromatic rings. The van der Waals surface area contributed by atoms with Crippen molar-refractivity contribution >= 4 is 48.2 Å². The maximum Gasteiger partial charge on any atom is 0.224 e. The molecule has 1 unspecified atom stereocenters. The molecule has 2 aliphatic rings. The van der Waals surface area contributed by atoms with Gasteiger partial charge in [-0.1, -0.05) is 19.1 Å². The molecule has 28 heavy (non-hydrogen) atoms. The Hall–Kier alpha value is -0.460. The number of carbonyl (C=O) groups is 1. The molecule has 1 atom stereocenters. The Morgan fingerprint density at radius 3 is 2.46 bits per heavy atom. The van der Waals surface area contributed by atoms with E-state index in [-0.39, 0.29) is 30.7 Å². The topological polar surface area (TPSA) is 44.4 Å². The summed E-state index contributed by atoms with van der Waals surface area (Å²) in [5, 5.41) is 6.47. The van der Waals surface area contributed by atoms with Crippen molar-refractivity contribution in [3.63, 3.8) is 0 Å². The van der Waals surface area contributed by atoms with Gasteiger partial charge in [0.2, 0.25) is 5.91 Å². The predicted octanol–water partition coefficient (Wildman–Crippen LogP) is 4.09. The smallest absolute Gasteiger partial charge is 0.224 e. The van der Waals surface area contributed by atoms with Crippen molar-refractivity contribution < 1.29 is 4.79 Å². The summed E-state index contributed by atoms with van der Waals surface area (Å²) < 4.78 is 0. The number of amides is 1. The van der Waals surface area contributed by atoms with Crippen LogP contribution in [0.2, 0.25) is 0 Å². The fourth-order valence-electron chi connectivity index (χ4n) is 3.95. The number of benzene rings is 1. The van der Waals surface area contributed by atoms with E-state index in [1.165, 1.54) is 43.0 Å². The third-order valence-corrected chi connectivity index (χ3v) is 6.70. The number of nitrogens with one attached hydrogen (secondary N) is 2. The Morgan fingerprint density at radius 1 is 1.18 bits per heavy atom. The highest BCUT2D eigenvalue weighted by atomic mass is 35.5. The molecule has 2 heterocycles. The second-order valence-electron chi connectivity index (χ2n) is 7.72. The van der Waals surface area contributed by atoms with Gasteiger partial charge in [0.15, 0.2) is 0 Å². The molecule has 2 N–H and O–H groups in total. The zero-order valence-electron chi connectivity index (χ0n) is 16.8. The summed E-state index contributed by atoms with van der Waals surface area (Å²) in [6.45, 7) is 7.97. The molecule has 0 aliphatic carbocycles. The highest BCUT2D eigenvalue weighted by Gasteiger charge is 2.22. The normalized spacial score (nSPS) is 19.2. The first-order chi connectivity index (χ1) is 12.7. The molecule has 0 bridgehead atoms. The molecule has 0 aromatic heterocycles. The quantitative estimate of drug-likeness (QED) is 0.660. The predicted molar refractivity (Wildman–Crippen MR) is 126 cm³/mol. The largest absolute Gasteiger partial charge is 0.326 e. The van der Waals surface area contributed by atoms with E-state index < -0.39 is 0 Å². The number of carbonyl (C=O) groups excluding carboxylic acids is 1. The Morgan fingerprint density at radius 2 is 1.82 bits per heavy atom. The van der Waals surface area contributed by atoms with Crippen molar-refractivity contribution in [1.82, 2.24) is 10.2 Å². The number of rotatable bonds is 7. The van der Waals surface area contributed by atoms with Crippen LogP contribution in [0, 0.1) is 11.8 Å². The number of nitrogens with zero attached hydrogens (tertiary/aromatic N) is 1. The zero-order chi connectivity index (χ0) is 18.2. The van der Waals surface area contributed by atoms with Crippen molar-refractivity contribution in [2.75, 3.05) is 49.5 Å². The molecule has 0 spiro atoms. The van der Waals surface area contributed by atoms with E-state index >= 15 is 0 Å². The van der Waals surface area contributed by atoms with Gasteiger partial charge in [-0.3, -0.25) is 4.79 Å². The number of hydrogen-bond acceptors (Lipinski definition) is 4. The lowest BCUT2D eigenvalue weighted by molar-refractivity contribution is -0.117. The van der Waals surface area contributed by atoms with Gasteiger partial charge in [0.1, 0.15) is 0 Å².